The van der Waals surface area contributed by atoms with Crippen LogP contribution in [0.1, 0.15) is 13.8 Å². The molecule has 106 valence electrons. The van der Waals surface area contributed by atoms with Gasteiger partial charge < -0.3 is 5.11 Å². The number of hydrogen-bond donors (Lipinski definition) is 1. The average molecular weight is 315 g/mol. The number of rotatable bonds is 4. The number of carbonyl (C=O) groups is 1. The monoisotopic (exact) mass is 314 g/mol. The molecule has 8 heteroatoms. The van der Waals surface area contributed by atoms with Gasteiger partial charge >= 0.3 is 5.97 Å². The lowest BCUT2D eigenvalue weighted by Crippen LogP contribution is -2.30. The number of nitrogens with zero attached hydrogens (tertiary/aromatic N) is 4. The Bertz CT molecular complexity index is 634. The predicted octanol–water partition coefficient (Wildman–Crippen LogP) is 2.76. The topological polar surface area (TPSA) is 80.9 Å². The summed E-state index contributed by atoms with van der Waals surface area (Å²) in [6, 6.07) is 4.94. The van der Waals surface area contributed by atoms with Crippen LogP contribution in [0.4, 0.5) is 0 Å². The van der Waals surface area contributed by atoms with Gasteiger partial charge in [-0.05, 0) is 42.5 Å². The van der Waals surface area contributed by atoms with E-state index in [0.717, 1.165) is 0 Å². The summed E-state index contributed by atoms with van der Waals surface area (Å²) in [5.41, 5.74) is -0.361. The quantitative estimate of drug-likeness (QED) is 0.938. The Morgan fingerprint density at radius 1 is 1.30 bits per heavy atom. The van der Waals surface area contributed by atoms with E-state index in [2.05, 4.69) is 15.5 Å². The van der Waals surface area contributed by atoms with Crippen molar-refractivity contribution in [1.82, 2.24) is 20.2 Å². The van der Waals surface area contributed by atoms with Crippen LogP contribution in [0.15, 0.2) is 18.2 Å². The van der Waals surface area contributed by atoms with E-state index in [1.807, 2.05) is 0 Å². The van der Waals surface area contributed by atoms with Gasteiger partial charge in [0, 0.05) is 15.6 Å². The van der Waals surface area contributed by atoms with Gasteiger partial charge in [0.2, 0.25) is 0 Å². The van der Waals surface area contributed by atoms with Crippen molar-refractivity contribution in [3.63, 3.8) is 0 Å². The zero-order valence-corrected chi connectivity index (χ0v) is 12.4. The number of halogens is 2. The molecule has 20 heavy (non-hydrogen) atoms. The maximum absolute atomic E-state index is 11.2. The van der Waals surface area contributed by atoms with Gasteiger partial charge in [0.05, 0.1) is 12.0 Å². The Balaban J connectivity index is 2.40. The molecule has 1 N–H and O–H groups in total. The van der Waals surface area contributed by atoms with Crippen molar-refractivity contribution in [2.24, 2.45) is 5.41 Å². The molecule has 0 amide bonds. The van der Waals surface area contributed by atoms with E-state index in [0.29, 0.717) is 21.4 Å². The molecule has 6 nitrogen and oxygen atoms in total. The van der Waals surface area contributed by atoms with Crippen LogP contribution in [0.2, 0.25) is 10.0 Å². The van der Waals surface area contributed by atoms with E-state index in [9.17, 15) is 4.79 Å². The number of carboxylic acids is 1. The first kappa shape index (κ1) is 14.7. The molecule has 1 heterocycles. The minimum Gasteiger partial charge on any atom is -0.481 e. The zero-order chi connectivity index (χ0) is 14.9. The minimum absolute atomic E-state index is 0.134. The largest absolute Gasteiger partial charge is 0.481 e. The summed E-state index contributed by atoms with van der Waals surface area (Å²) < 4.78 is 1.43. The number of hydrogen-bond acceptors (Lipinski definition) is 4. The molecule has 0 aliphatic carbocycles. The normalized spacial score (nSPS) is 11.6. The lowest BCUT2D eigenvalue weighted by molar-refractivity contribution is -0.147. The first-order valence-corrected chi connectivity index (χ1v) is 6.51. The summed E-state index contributed by atoms with van der Waals surface area (Å²) in [5.74, 6) is -0.508. The molecule has 2 rings (SSSR count). The molecule has 0 saturated heterocycles. The molecule has 0 radical (unpaired) electrons. The number of aromatic nitrogens is 4. The summed E-state index contributed by atoms with van der Waals surface area (Å²) in [5, 5.41) is 21.4. The van der Waals surface area contributed by atoms with E-state index < -0.39 is 11.4 Å². The molecule has 0 fully saturated rings. The second-order valence-electron chi connectivity index (χ2n) is 5.01. The second-order valence-corrected chi connectivity index (χ2v) is 5.88. The Labute approximate surface area is 125 Å². The standard InChI is InChI=1S/C12H12Cl2N4O2/c1-12(2,11(19)20)6-18-10(15-16-17-18)7-3-8(13)5-9(14)4-7/h3-5H,6H2,1-2H3,(H,19,20). The zero-order valence-electron chi connectivity index (χ0n) is 10.8. The molecule has 0 aliphatic rings. The molecule has 0 saturated carbocycles. The first-order chi connectivity index (χ1) is 9.29. The summed E-state index contributed by atoms with van der Waals surface area (Å²) in [7, 11) is 0. The van der Waals surface area contributed by atoms with Crippen molar-refractivity contribution in [1.29, 1.82) is 0 Å². The van der Waals surface area contributed by atoms with Crippen LogP contribution >= 0.6 is 23.2 Å². The maximum atomic E-state index is 11.2. The molecule has 0 bridgehead atoms. The van der Waals surface area contributed by atoms with Crippen LogP contribution in [-0.2, 0) is 11.3 Å². The molecule has 1 aromatic heterocycles. The summed E-state index contributed by atoms with van der Waals surface area (Å²) >= 11 is 11.9. The van der Waals surface area contributed by atoms with E-state index in [4.69, 9.17) is 28.3 Å². The van der Waals surface area contributed by atoms with Gasteiger partial charge in [-0.2, -0.15) is 0 Å². The van der Waals surface area contributed by atoms with Gasteiger partial charge in [0.25, 0.3) is 0 Å². The Morgan fingerprint density at radius 2 is 1.90 bits per heavy atom. The highest BCUT2D eigenvalue weighted by Gasteiger charge is 2.29. The van der Waals surface area contributed by atoms with E-state index >= 15 is 0 Å². The van der Waals surface area contributed by atoms with Crippen LogP contribution in [0, 0.1) is 5.41 Å². The van der Waals surface area contributed by atoms with E-state index in [1.165, 1.54) is 4.68 Å². The van der Waals surface area contributed by atoms with Crippen molar-refractivity contribution in [3.8, 4) is 11.4 Å². The van der Waals surface area contributed by atoms with E-state index in [1.54, 1.807) is 32.0 Å². The molecular weight excluding hydrogens is 303 g/mol. The van der Waals surface area contributed by atoms with Crippen LogP contribution in [0.3, 0.4) is 0 Å². The third-order valence-corrected chi connectivity index (χ3v) is 3.21. The second kappa shape index (κ2) is 5.38. The lowest BCUT2D eigenvalue weighted by atomic mass is 9.94. The van der Waals surface area contributed by atoms with Crippen molar-refractivity contribution in [2.75, 3.05) is 0 Å². The fourth-order valence-corrected chi connectivity index (χ4v) is 2.17. The Kier molecular flexibility index (Phi) is 3.96. The van der Waals surface area contributed by atoms with Crippen LogP contribution in [-0.4, -0.2) is 31.3 Å². The molecule has 0 spiro atoms. The van der Waals surface area contributed by atoms with Crippen molar-refractivity contribution >= 4 is 29.2 Å². The number of benzene rings is 1. The third-order valence-electron chi connectivity index (χ3n) is 2.78. The maximum Gasteiger partial charge on any atom is 0.310 e. The van der Waals surface area contributed by atoms with Crippen molar-refractivity contribution in [3.05, 3.63) is 28.2 Å². The minimum atomic E-state index is -0.994. The van der Waals surface area contributed by atoms with Crippen molar-refractivity contribution < 1.29 is 9.90 Å². The van der Waals surface area contributed by atoms with Crippen LogP contribution < -0.4 is 0 Å². The third kappa shape index (κ3) is 3.08. The van der Waals surface area contributed by atoms with Gasteiger partial charge in [0.1, 0.15) is 0 Å². The summed E-state index contributed by atoms with van der Waals surface area (Å²) in [6.07, 6.45) is 0. The average Bonchev–Trinajstić information content (AvgIpc) is 2.74. The molecule has 1 aromatic carbocycles. The summed E-state index contributed by atoms with van der Waals surface area (Å²) in [6.45, 7) is 3.34. The Hall–Kier alpha value is -1.66. The smallest absolute Gasteiger partial charge is 0.310 e. The van der Waals surface area contributed by atoms with Gasteiger partial charge in [-0.1, -0.05) is 23.2 Å². The fourth-order valence-electron chi connectivity index (χ4n) is 1.64. The molecular formula is C12H12Cl2N4O2. The highest BCUT2D eigenvalue weighted by atomic mass is 35.5. The van der Waals surface area contributed by atoms with Gasteiger partial charge in [-0.3, -0.25) is 4.79 Å². The van der Waals surface area contributed by atoms with Crippen molar-refractivity contribution in [2.45, 2.75) is 20.4 Å². The van der Waals surface area contributed by atoms with Crippen LogP contribution in [0.5, 0.6) is 0 Å². The molecule has 0 unspecified atom stereocenters. The predicted molar refractivity (Wildman–Crippen MR) is 74.7 cm³/mol. The lowest BCUT2D eigenvalue weighted by Gasteiger charge is -2.19. The highest BCUT2D eigenvalue weighted by molar-refractivity contribution is 6.35. The van der Waals surface area contributed by atoms with Gasteiger partial charge in [-0.25, -0.2) is 4.68 Å². The van der Waals surface area contributed by atoms with Gasteiger partial charge in [-0.15, -0.1) is 5.10 Å². The number of tetrazole rings is 1. The van der Waals surface area contributed by atoms with E-state index in [-0.39, 0.29) is 6.54 Å². The Morgan fingerprint density at radius 3 is 2.45 bits per heavy atom. The van der Waals surface area contributed by atoms with Gasteiger partial charge in [0.15, 0.2) is 5.82 Å². The first-order valence-electron chi connectivity index (χ1n) is 5.75. The van der Waals surface area contributed by atoms with Crippen LogP contribution in [0.25, 0.3) is 11.4 Å². The summed E-state index contributed by atoms with van der Waals surface area (Å²) in [4.78, 5) is 11.2. The fraction of sp³-hybridized carbons (Fsp3) is 0.333. The molecule has 0 aliphatic heterocycles. The number of aliphatic carboxylic acids is 1. The molecule has 0 atom stereocenters. The highest BCUT2D eigenvalue weighted by Crippen LogP contribution is 2.27. The number of carboxylic acid groups (broad SMARTS) is 1. The SMILES string of the molecule is CC(C)(Cn1nnnc1-c1cc(Cl)cc(Cl)c1)C(=O)O. The molecule has 2 aromatic rings.